The van der Waals surface area contributed by atoms with Gasteiger partial charge in [0.2, 0.25) is 0 Å². The van der Waals surface area contributed by atoms with Crippen molar-refractivity contribution in [1.82, 2.24) is 4.90 Å². The Balaban J connectivity index is 2.77. The van der Waals surface area contributed by atoms with E-state index < -0.39 is 59.2 Å². The number of ketones is 2. The second-order valence-electron chi connectivity index (χ2n) is 8.06. The molecule has 36 heavy (non-hydrogen) atoms. The molecule has 1 aliphatic rings. The molecular formula is C24H29Cl2NO9. The van der Waals surface area contributed by atoms with Crippen molar-refractivity contribution in [3.05, 3.63) is 29.8 Å². The summed E-state index contributed by atoms with van der Waals surface area (Å²) in [5, 5.41) is 19.8. The summed E-state index contributed by atoms with van der Waals surface area (Å²) < 4.78 is 10.2. The average molecular weight is 546 g/mol. The SMILES string of the molecule is CCOC(=O)C1C(=O)C(C(C(=O)O)N(CCCl)CCCl)C(=O)C(C(=O)OCC)C1c1ccc(O)cc1. The minimum absolute atomic E-state index is 0.0160. The molecule has 10 nitrogen and oxygen atoms in total. The Morgan fingerprint density at radius 3 is 1.72 bits per heavy atom. The number of hydrogen-bond acceptors (Lipinski definition) is 9. The van der Waals surface area contributed by atoms with Gasteiger partial charge < -0.3 is 19.7 Å². The second kappa shape index (κ2) is 13.6. The number of Topliss-reactive ketones (excluding diaryl/α,β-unsaturated/α-hetero) is 2. The first kappa shape index (κ1) is 29.5. The maximum atomic E-state index is 13.8. The molecule has 0 heterocycles. The molecule has 0 aliphatic heterocycles. The van der Waals surface area contributed by atoms with Gasteiger partial charge in [0.1, 0.15) is 29.5 Å². The topological polar surface area (TPSA) is 148 Å². The van der Waals surface area contributed by atoms with Gasteiger partial charge in [0, 0.05) is 30.8 Å². The molecule has 1 aliphatic carbocycles. The molecule has 3 atom stereocenters. The molecule has 0 saturated heterocycles. The van der Waals surface area contributed by atoms with Crippen LogP contribution in [0.2, 0.25) is 0 Å². The fraction of sp³-hybridized carbons (Fsp3) is 0.542. The largest absolute Gasteiger partial charge is 0.508 e. The normalized spacial score (nSPS) is 22.8. The van der Waals surface area contributed by atoms with Crippen LogP contribution < -0.4 is 0 Å². The van der Waals surface area contributed by atoms with Gasteiger partial charge in [0.15, 0.2) is 11.6 Å². The van der Waals surface area contributed by atoms with Crippen LogP contribution in [0.5, 0.6) is 5.75 Å². The lowest BCUT2D eigenvalue weighted by Crippen LogP contribution is -2.61. The zero-order valence-electron chi connectivity index (χ0n) is 19.9. The van der Waals surface area contributed by atoms with Crippen molar-refractivity contribution in [2.45, 2.75) is 25.8 Å². The van der Waals surface area contributed by atoms with E-state index in [0.29, 0.717) is 0 Å². The molecule has 0 radical (unpaired) electrons. The molecule has 198 valence electrons. The molecule has 0 bridgehead atoms. The van der Waals surface area contributed by atoms with Crippen LogP contribution in [0.15, 0.2) is 24.3 Å². The predicted octanol–water partition coefficient (Wildman–Crippen LogP) is 1.84. The third-order valence-electron chi connectivity index (χ3n) is 6.01. The summed E-state index contributed by atoms with van der Waals surface area (Å²) in [4.78, 5) is 67.5. The lowest BCUT2D eigenvalue weighted by Gasteiger charge is -2.41. The molecule has 0 spiro atoms. The number of hydrogen-bond donors (Lipinski definition) is 2. The maximum absolute atomic E-state index is 13.8. The Labute approximate surface area is 218 Å². The summed E-state index contributed by atoms with van der Waals surface area (Å²) in [6.07, 6.45) is 0. The number of carbonyl (C=O) groups is 5. The minimum Gasteiger partial charge on any atom is -0.508 e. The van der Waals surface area contributed by atoms with Crippen LogP contribution in [0.25, 0.3) is 0 Å². The summed E-state index contributed by atoms with van der Waals surface area (Å²) in [6.45, 7) is 2.82. The highest BCUT2D eigenvalue weighted by Crippen LogP contribution is 2.44. The van der Waals surface area contributed by atoms with Crippen LogP contribution >= 0.6 is 23.2 Å². The van der Waals surface area contributed by atoms with Gasteiger partial charge in [-0.3, -0.25) is 28.9 Å². The molecule has 3 unspecified atom stereocenters. The molecule has 1 aromatic rings. The van der Waals surface area contributed by atoms with E-state index in [2.05, 4.69) is 0 Å². The first-order valence-electron chi connectivity index (χ1n) is 11.4. The number of alkyl halides is 2. The smallest absolute Gasteiger partial charge is 0.322 e. The van der Waals surface area contributed by atoms with Crippen molar-refractivity contribution in [2.75, 3.05) is 38.1 Å². The van der Waals surface area contributed by atoms with Crippen molar-refractivity contribution in [3.63, 3.8) is 0 Å². The number of aliphatic carboxylic acids is 1. The van der Waals surface area contributed by atoms with Gasteiger partial charge in [0.25, 0.3) is 0 Å². The first-order chi connectivity index (χ1) is 17.1. The third kappa shape index (κ3) is 6.35. The van der Waals surface area contributed by atoms with E-state index >= 15 is 0 Å². The van der Waals surface area contributed by atoms with E-state index in [1.807, 2.05) is 0 Å². The van der Waals surface area contributed by atoms with E-state index in [0.717, 1.165) is 0 Å². The Morgan fingerprint density at radius 1 is 0.917 bits per heavy atom. The van der Waals surface area contributed by atoms with Gasteiger partial charge >= 0.3 is 17.9 Å². The van der Waals surface area contributed by atoms with E-state index in [-0.39, 0.29) is 49.4 Å². The zero-order chi connectivity index (χ0) is 27.0. The minimum atomic E-state index is -1.88. The fourth-order valence-electron chi connectivity index (χ4n) is 4.57. The van der Waals surface area contributed by atoms with Gasteiger partial charge in [-0.1, -0.05) is 12.1 Å². The van der Waals surface area contributed by atoms with Crippen LogP contribution in [0, 0.1) is 17.8 Å². The quantitative estimate of drug-likeness (QED) is 0.226. The molecule has 1 fully saturated rings. The highest BCUT2D eigenvalue weighted by molar-refractivity contribution is 6.21. The molecule has 0 amide bonds. The number of ether oxygens (including phenoxy) is 2. The van der Waals surface area contributed by atoms with E-state index in [1.165, 1.54) is 43.0 Å². The maximum Gasteiger partial charge on any atom is 0.322 e. The fourth-order valence-corrected chi connectivity index (χ4v) is 5.01. The van der Waals surface area contributed by atoms with Gasteiger partial charge in [-0.05, 0) is 31.5 Å². The van der Waals surface area contributed by atoms with Crippen LogP contribution in [-0.4, -0.2) is 88.7 Å². The molecular weight excluding hydrogens is 517 g/mol. The Kier molecular flexibility index (Phi) is 11.1. The number of carboxylic acid groups (broad SMARTS) is 1. The molecule has 1 aromatic carbocycles. The lowest BCUT2D eigenvalue weighted by molar-refractivity contribution is -0.169. The molecule has 12 heteroatoms. The van der Waals surface area contributed by atoms with Gasteiger partial charge in [-0.25, -0.2) is 0 Å². The zero-order valence-corrected chi connectivity index (χ0v) is 21.4. The van der Waals surface area contributed by atoms with E-state index in [9.17, 15) is 34.2 Å². The number of nitrogens with zero attached hydrogens (tertiary/aromatic N) is 1. The number of aromatic hydroxyl groups is 1. The highest BCUT2D eigenvalue weighted by Gasteiger charge is 2.60. The third-order valence-corrected chi connectivity index (χ3v) is 6.35. The average Bonchev–Trinajstić information content (AvgIpc) is 2.81. The summed E-state index contributed by atoms with van der Waals surface area (Å²) >= 11 is 11.7. The summed E-state index contributed by atoms with van der Waals surface area (Å²) in [6, 6.07) is 3.59. The number of halogens is 2. The first-order valence-corrected chi connectivity index (χ1v) is 12.5. The van der Waals surface area contributed by atoms with Crippen molar-refractivity contribution in [1.29, 1.82) is 0 Å². The number of phenolic OH excluding ortho intramolecular Hbond substituents is 1. The van der Waals surface area contributed by atoms with Crippen LogP contribution in [0.4, 0.5) is 0 Å². The van der Waals surface area contributed by atoms with Crippen molar-refractivity contribution in [2.24, 2.45) is 17.8 Å². The van der Waals surface area contributed by atoms with Crippen LogP contribution in [0.1, 0.15) is 25.3 Å². The number of carboxylic acids is 1. The number of esters is 2. The summed E-state index contributed by atoms with van der Waals surface area (Å²) in [7, 11) is 0. The number of benzene rings is 1. The molecule has 1 saturated carbocycles. The number of rotatable bonds is 12. The van der Waals surface area contributed by atoms with Crippen LogP contribution in [0.3, 0.4) is 0 Å². The Bertz CT molecular complexity index is 925. The van der Waals surface area contributed by atoms with Gasteiger partial charge in [-0.2, -0.15) is 0 Å². The molecule has 2 rings (SSSR count). The van der Waals surface area contributed by atoms with Crippen molar-refractivity contribution >= 4 is 52.7 Å². The second-order valence-corrected chi connectivity index (χ2v) is 8.81. The summed E-state index contributed by atoms with van der Waals surface area (Å²) in [5.41, 5.74) is 0.231. The van der Waals surface area contributed by atoms with Crippen molar-refractivity contribution in [3.8, 4) is 5.75 Å². The molecule has 0 aromatic heterocycles. The lowest BCUT2D eigenvalue weighted by atomic mass is 9.62. The Morgan fingerprint density at radius 2 is 1.36 bits per heavy atom. The van der Waals surface area contributed by atoms with Crippen LogP contribution in [-0.2, 0) is 33.4 Å². The number of phenols is 1. The Hall–Kier alpha value is -2.69. The van der Waals surface area contributed by atoms with Gasteiger partial charge in [0.05, 0.1) is 13.2 Å². The van der Waals surface area contributed by atoms with Gasteiger partial charge in [-0.15, -0.1) is 23.2 Å². The summed E-state index contributed by atoms with van der Waals surface area (Å²) in [5.74, 6) is -12.2. The van der Waals surface area contributed by atoms with E-state index in [1.54, 1.807) is 0 Å². The van der Waals surface area contributed by atoms with Crippen molar-refractivity contribution < 1.29 is 43.7 Å². The molecule has 2 N–H and O–H groups in total. The predicted molar refractivity (Wildman–Crippen MR) is 129 cm³/mol. The number of carbonyl (C=O) groups excluding carboxylic acids is 4. The standard InChI is InChI=1S/C24H29Cl2NO9/c1-3-35-23(33)16-15(13-5-7-14(28)8-6-13)17(24(34)36-4-2)21(30)18(20(16)29)19(22(31)32)27(11-9-25)12-10-26/h5-8,15-19,28H,3-4,9-12H2,1-2H3,(H,31,32). The van der Waals surface area contributed by atoms with E-state index in [4.69, 9.17) is 32.7 Å². The highest BCUT2D eigenvalue weighted by atomic mass is 35.5. The monoisotopic (exact) mass is 545 g/mol.